The predicted octanol–water partition coefficient (Wildman–Crippen LogP) is 2.74. The first-order valence-corrected chi connectivity index (χ1v) is 8.89. The number of aromatic nitrogens is 2. The standard InChI is InChI=1S/C17H20N4O2S.ClH/c1-12-20-16(23-21-12)11-24-15-5-3-2-4-14(15)17(22)19-10-13-6-8-18-9-7-13;/h2-6,18H,7-11H2,1H3,(H,19,22);1H. The fourth-order valence-corrected chi connectivity index (χ4v) is 3.32. The topological polar surface area (TPSA) is 80.0 Å². The first-order valence-electron chi connectivity index (χ1n) is 7.90. The number of amides is 1. The summed E-state index contributed by atoms with van der Waals surface area (Å²) in [4.78, 5) is 17.6. The monoisotopic (exact) mass is 380 g/mol. The first-order chi connectivity index (χ1) is 11.7. The van der Waals surface area contributed by atoms with Crippen LogP contribution in [0.3, 0.4) is 0 Å². The number of aryl methyl sites for hydroxylation is 1. The lowest BCUT2D eigenvalue weighted by molar-refractivity contribution is 0.0953. The lowest BCUT2D eigenvalue weighted by Crippen LogP contribution is -2.29. The highest BCUT2D eigenvalue weighted by Gasteiger charge is 2.13. The largest absolute Gasteiger partial charge is 0.348 e. The molecule has 1 aliphatic rings. The third-order valence-corrected chi connectivity index (χ3v) is 4.74. The number of halogens is 1. The minimum atomic E-state index is -0.0563. The molecule has 0 radical (unpaired) electrons. The molecule has 0 aliphatic carbocycles. The molecular weight excluding hydrogens is 360 g/mol. The van der Waals surface area contributed by atoms with Gasteiger partial charge in [0.05, 0.1) is 11.3 Å². The summed E-state index contributed by atoms with van der Waals surface area (Å²) >= 11 is 1.52. The number of hydrogen-bond donors (Lipinski definition) is 2. The highest BCUT2D eigenvalue weighted by molar-refractivity contribution is 7.98. The van der Waals surface area contributed by atoms with Crippen molar-refractivity contribution >= 4 is 30.1 Å². The molecule has 2 N–H and O–H groups in total. The Hall–Kier alpha value is -1.83. The van der Waals surface area contributed by atoms with E-state index in [0.29, 0.717) is 29.6 Å². The molecule has 1 aliphatic heterocycles. The van der Waals surface area contributed by atoms with E-state index in [-0.39, 0.29) is 18.3 Å². The zero-order valence-electron chi connectivity index (χ0n) is 13.9. The molecule has 134 valence electrons. The Morgan fingerprint density at radius 3 is 2.96 bits per heavy atom. The molecular formula is C17H21ClN4O2S. The molecule has 25 heavy (non-hydrogen) atoms. The molecule has 6 nitrogen and oxygen atoms in total. The van der Waals surface area contributed by atoms with E-state index in [1.165, 1.54) is 17.3 Å². The summed E-state index contributed by atoms with van der Waals surface area (Å²) in [6.07, 6.45) is 3.12. The summed E-state index contributed by atoms with van der Waals surface area (Å²) in [6.45, 7) is 4.23. The summed E-state index contributed by atoms with van der Waals surface area (Å²) in [5, 5.41) is 10.1. The van der Waals surface area contributed by atoms with Crippen LogP contribution >= 0.6 is 24.2 Å². The van der Waals surface area contributed by atoms with E-state index in [1.807, 2.05) is 24.3 Å². The Labute approximate surface area is 157 Å². The van der Waals surface area contributed by atoms with Crippen molar-refractivity contribution in [3.8, 4) is 0 Å². The Morgan fingerprint density at radius 2 is 2.24 bits per heavy atom. The molecule has 0 saturated carbocycles. The number of hydrogen-bond acceptors (Lipinski definition) is 6. The summed E-state index contributed by atoms with van der Waals surface area (Å²) in [5.74, 6) is 1.67. The maximum atomic E-state index is 12.5. The van der Waals surface area contributed by atoms with Crippen LogP contribution < -0.4 is 10.6 Å². The SMILES string of the molecule is Cc1noc(CSc2ccccc2C(=O)NCC2=CCNCC2)n1.Cl. The second-order valence-corrected chi connectivity index (χ2v) is 6.54. The molecule has 3 rings (SSSR count). The van der Waals surface area contributed by atoms with Gasteiger partial charge in [0.1, 0.15) is 0 Å². The molecule has 2 aromatic rings. The Kier molecular flexibility index (Phi) is 7.49. The molecule has 0 unspecified atom stereocenters. The Morgan fingerprint density at radius 1 is 1.40 bits per heavy atom. The van der Waals surface area contributed by atoms with E-state index in [0.717, 1.165) is 24.4 Å². The number of rotatable bonds is 6. The second kappa shape index (κ2) is 9.60. The summed E-state index contributed by atoms with van der Waals surface area (Å²) in [5.41, 5.74) is 1.95. The van der Waals surface area contributed by atoms with Crippen LogP contribution in [-0.4, -0.2) is 35.7 Å². The van der Waals surface area contributed by atoms with Crippen LogP contribution in [0.1, 0.15) is 28.5 Å². The van der Waals surface area contributed by atoms with Crippen molar-refractivity contribution in [1.82, 2.24) is 20.8 Å². The van der Waals surface area contributed by atoms with Crippen molar-refractivity contribution in [2.75, 3.05) is 19.6 Å². The van der Waals surface area contributed by atoms with Crippen LogP contribution in [0, 0.1) is 6.92 Å². The van der Waals surface area contributed by atoms with Gasteiger partial charge in [-0.1, -0.05) is 28.9 Å². The van der Waals surface area contributed by atoms with E-state index in [4.69, 9.17) is 4.52 Å². The molecule has 0 bridgehead atoms. The smallest absolute Gasteiger partial charge is 0.252 e. The molecule has 2 heterocycles. The van der Waals surface area contributed by atoms with Gasteiger partial charge in [0, 0.05) is 18.0 Å². The van der Waals surface area contributed by atoms with Gasteiger partial charge in [-0.3, -0.25) is 4.79 Å². The van der Waals surface area contributed by atoms with Gasteiger partial charge < -0.3 is 15.2 Å². The highest BCUT2D eigenvalue weighted by atomic mass is 35.5. The van der Waals surface area contributed by atoms with Crippen molar-refractivity contribution < 1.29 is 9.32 Å². The summed E-state index contributed by atoms with van der Waals surface area (Å²) in [7, 11) is 0. The van der Waals surface area contributed by atoms with E-state index < -0.39 is 0 Å². The van der Waals surface area contributed by atoms with Crippen LogP contribution in [0.25, 0.3) is 0 Å². The molecule has 0 fully saturated rings. The number of carbonyl (C=O) groups is 1. The van der Waals surface area contributed by atoms with E-state index in [9.17, 15) is 4.79 Å². The van der Waals surface area contributed by atoms with Crippen molar-refractivity contribution in [1.29, 1.82) is 0 Å². The number of thioether (sulfide) groups is 1. The van der Waals surface area contributed by atoms with Gasteiger partial charge in [0.2, 0.25) is 5.89 Å². The number of nitrogens with zero attached hydrogens (tertiary/aromatic N) is 2. The van der Waals surface area contributed by atoms with Gasteiger partial charge in [0.25, 0.3) is 5.91 Å². The first kappa shape index (κ1) is 19.5. The van der Waals surface area contributed by atoms with Crippen LogP contribution in [0.2, 0.25) is 0 Å². The molecule has 0 spiro atoms. The Bertz CT molecular complexity index is 748. The maximum absolute atomic E-state index is 12.5. The van der Waals surface area contributed by atoms with Gasteiger partial charge in [-0.05, 0) is 32.0 Å². The maximum Gasteiger partial charge on any atom is 0.252 e. The minimum absolute atomic E-state index is 0. The van der Waals surface area contributed by atoms with Crippen LogP contribution in [0.15, 0.2) is 45.3 Å². The fraction of sp³-hybridized carbons (Fsp3) is 0.353. The average Bonchev–Trinajstić information content (AvgIpc) is 3.04. The molecule has 1 aromatic heterocycles. The van der Waals surface area contributed by atoms with Crippen molar-refractivity contribution in [2.24, 2.45) is 0 Å². The second-order valence-electron chi connectivity index (χ2n) is 5.52. The van der Waals surface area contributed by atoms with Crippen molar-refractivity contribution in [3.05, 3.63) is 53.2 Å². The van der Waals surface area contributed by atoms with E-state index >= 15 is 0 Å². The summed E-state index contributed by atoms with van der Waals surface area (Å²) < 4.78 is 5.12. The van der Waals surface area contributed by atoms with Crippen LogP contribution in [0.5, 0.6) is 0 Å². The molecule has 0 saturated heterocycles. The lowest BCUT2D eigenvalue weighted by atomic mass is 10.1. The van der Waals surface area contributed by atoms with E-state index in [1.54, 1.807) is 6.92 Å². The van der Waals surface area contributed by atoms with Crippen LogP contribution in [0.4, 0.5) is 0 Å². The molecule has 1 amide bonds. The summed E-state index contributed by atoms with van der Waals surface area (Å²) in [6, 6.07) is 7.58. The zero-order valence-corrected chi connectivity index (χ0v) is 15.6. The average molecular weight is 381 g/mol. The third-order valence-electron chi connectivity index (χ3n) is 3.69. The van der Waals surface area contributed by atoms with Gasteiger partial charge in [-0.2, -0.15) is 4.98 Å². The zero-order chi connectivity index (χ0) is 16.8. The van der Waals surface area contributed by atoms with Crippen LogP contribution in [-0.2, 0) is 5.75 Å². The predicted molar refractivity (Wildman–Crippen MR) is 100 cm³/mol. The van der Waals surface area contributed by atoms with Gasteiger partial charge >= 0.3 is 0 Å². The number of benzene rings is 1. The van der Waals surface area contributed by atoms with Gasteiger partial charge in [0.15, 0.2) is 5.82 Å². The normalized spacial score (nSPS) is 13.7. The quantitative estimate of drug-likeness (QED) is 0.592. The highest BCUT2D eigenvalue weighted by Crippen LogP contribution is 2.25. The number of carbonyl (C=O) groups excluding carboxylic acids is 1. The molecule has 0 atom stereocenters. The molecule has 8 heteroatoms. The van der Waals surface area contributed by atoms with Crippen molar-refractivity contribution in [2.45, 2.75) is 24.0 Å². The van der Waals surface area contributed by atoms with E-state index in [2.05, 4.69) is 26.9 Å². The van der Waals surface area contributed by atoms with Gasteiger partial charge in [-0.25, -0.2) is 0 Å². The third kappa shape index (κ3) is 5.59. The molecule has 1 aromatic carbocycles. The van der Waals surface area contributed by atoms with Crippen molar-refractivity contribution in [3.63, 3.8) is 0 Å². The lowest BCUT2D eigenvalue weighted by Gasteiger charge is -2.15. The Balaban J connectivity index is 0.00000225. The fourth-order valence-electron chi connectivity index (χ4n) is 2.44. The number of nitrogens with one attached hydrogen (secondary N) is 2. The van der Waals surface area contributed by atoms with Gasteiger partial charge in [-0.15, -0.1) is 24.2 Å². The minimum Gasteiger partial charge on any atom is -0.348 e.